The average Bonchev–Trinajstić information content (AvgIpc) is 3.12. The van der Waals surface area contributed by atoms with Crippen LogP contribution in [0, 0.1) is 11.6 Å². The summed E-state index contributed by atoms with van der Waals surface area (Å²) in [6.45, 7) is 0.595. The Morgan fingerprint density at radius 3 is 2.35 bits per heavy atom. The summed E-state index contributed by atoms with van der Waals surface area (Å²) in [6.07, 6.45) is 3.54. The predicted molar refractivity (Wildman–Crippen MR) is 118 cm³/mol. The predicted octanol–water partition coefficient (Wildman–Crippen LogP) is 4.53. The van der Waals surface area contributed by atoms with E-state index in [1.807, 2.05) is 30.5 Å². The third-order valence-electron chi connectivity index (χ3n) is 4.78. The highest BCUT2D eigenvalue weighted by Crippen LogP contribution is 2.21. The fourth-order valence-electron chi connectivity index (χ4n) is 3.26. The van der Waals surface area contributed by atoms with Crippen LogP contribution in [-0.4, -0.2) is 23.2 Å². The van der Waals surface area contributed by atoms with Crippen LogP contribution in [-0.2, 0) is 11.3 Å². The quantitative estimate of drug-likeness (QED) is 0.342. The van der Waals surface area contributed by atoms with Crippen LogP contribution >= 0.6 is 0 Å². The second-order valence-electron chi connectivity index (χ2n) is 7.01. The first-order valence-corrected chi connectivity index (χ1v) is 9.72. The van der Waals surface area contributed by atoms with E-state index in [4.69, 9.17) is 0 Å². The minimum Gasteiger partial charge on any atom is -0.376 e. The van der Waals surface area contributed by atoms with Crippen LogP contribution in [0.3, 0.4) is 0 Å². The maximum Gasteiger partial charge on any atom is 0.259 e. The number of benzene rings is 3. The van der Waals surface area contributed by atoms with Crippen LogP contribution in [0.15, 0.2) is 84.1 Å². The van der Waals surface area contributed by atoms with Crippen LogP contribution < -0.4 is 10.7 Å². The Bertz CT molecular complexity index is 1210. The molecule has 4 rings (SSSR count). The molecule has 1 amide bonds. The molecule has 1 aromatic heterocycles. The first-order chi connectivity index (χ1) is 15.1. The van der Waals surface area contributed by atoms with E-state index >= 15 is 0 Å². The summed E-state index contributed by atoms with van der Waals surface area (Å²) in [4.78, 5) is 12.0. The molecule has 3 aromatic carbocycles. The summed E-state index contributed by atoms with van der Waals surface area (Å²) >= 11 is 0. The number of amides is 1. The fraction of sp³-hybridized carbons (Fsp3) is 0.0833. The topological polar surface area (TPSA) is 58.4 Å². The van der Waals surface area contributed by atoms with E-state index in [-0.39, 0.29) is 24.1 Å². The van der Waals surface area contributed by atoms with Crippen molar-refractivity contribution in [2.75, 3.05) is 11.9 Å². The Kier molecular flexibility index (Phi) is 6.03. The molecule has 0 unspecified atom stereocenters. The van der Waals surface area contributed by atoms with Crippen molar-refractivity contribution in [3.8, 4) is 0 Å². The number of nitrogens with one attached hydrogen (secondary N) is 2. The molecule has 0 saturated heterocycles. The zero-order valence-electron chi connectivity index (χ0n) is 16.6. The van der Waals surface area contributed by atoms with Gasteiger partial charge in [0, 0.05) is 34.9 Å². The lowest BCUT2D eigenvalue weighted by atomic mass is 10.2. The number of para-hydroxylation sites is 1. The molecule has 0 aliphatic carbocycles. The zero-order chi connectivity index (χ0) is 21.6. The molecule has 5 nitrogen and oxygen atoms in total. The lowest BCUT2D eigenvalue weighted by molar-refractivity contribution is -0.119. The second-order valence-corrected chi connectivity index (χ2v) is 7.01. The van der Waals surface area contributed by atoms with Crippen LogP contribution in [0.2, 0.25) is 0 Å². The molecule has 0 aliphatic rings. The molecule has 0 atom stereocenters. The van der Waals surface area contributed by atoms with Gasteiger partial charge in [0.25, 0.3) is 5.91 Å². The van der Waals surface area contributed by atoms with E-state index in [2.05, 4.69) is 20.4 Å². The van der Waals surface area contributed by atoms with Crippen LogP contribution in [0.1, 0.15) is 11.1 Å². The van der Waals surface area contributed by atoms with Crippen molar-refractivity contribution < 1.29 is 13.6 Å². The summed E-state index contributed by atoms with van der Waals surface area (Å²) in [5.74, 6) is -0.924. The van der Waals surface area contributed by atoms with Gasteiger partial charge in [0.15, 0.2) is 0 Å². The van der Waals surface area contributed by atoms with Gasteiger partial charge < -0.3 is 9.88 Å². The molecule has 0 saturated carbocycles. The molecule has 2 N–H and O–H groups in total. The van der Waals surface area contributed by atoms with Crippen LogP contribution in [0.4, 0.5) is 14.5 Å². The number of halogens is 2. The summed E-state index contributed by atoms with van der Waals surface area (Å²) in [7, 11) is 0. The van der Waals surface area contributed by atoms with Gasteiger partial charge >= 0.3 is 0 Å². The number of hydrogen-bond donors (Lipinski definition) is 2. The molecule has 7 heteroatoms. The minimum atomic E-state index is -0.335. The van der Waals surface area contributed by atoms with Gasteiger partial charge in [0.2, 0.25) is 0 Å². The number of carbonyl (C=O) groups excluding carboxylic acids is 1. The molecule has 156 valence electrons. The van der Waals surface area contributed by atoms with Crippen molar-refractivity contribution in [2.24, 2.45) is 5.10 Å². The summed E-state index contributed by atoms with van der Waals surface area (Å²) in [6, 6.07) is 20.0. The Morgan fingerprint density at radius 1 is 0.935 bits per heavy atom. The number of rotatable bonds is 7. The fourth-order valence-corrected chi connectivity index (χ4v) is 3.26. The molecule has 31 heavy (non-hydrogen) atoms. The van der Waals surface area contributed by atoms with E-state index in [1.165, 1.54) is 24.3 Å². The Morgan fingerprint density at radius 2 is 1.61 bits per heavy atom. The maximum atomic E-state index is 13.2. The van der Waals surface area contributed by atoms with Crippen LogP contribution in [0.5, 0.6) is 0 Å². The highest BCUT2D eigenvalue weighted by atomic mass is 19.1. The molecule has 0 fully saturated rings. The summed E-state index contributed by atoms with van der Waals surface area (Å²) in [5.41, 5.74) is 5.97. The highest BCUT2D eigenvalue weighted by molar-refractivity contribution is 5.99. The largest absolute Gasteiger partial charge is 0.376 e. The number of nitrogens with zero attached hydrogens (tertiary/aromatic N) is 2. The molecule has 0 aliphatic heterocycles. The van der Waals surface area contributed by atoms with Crippen molar-refractivity contribution in [3.63, 3.8) is 0 Å². The third kappa shape index (κ3) is 5.14. The number of hydrazone groups is 1. The van der Waals surface area contributed by atoms with E-state index in [9.17, 15) is 13.6 Å². The number of carbonyl (C=O) groups is 1. The number of fused-ring (bicyclic) bond motifs is 1. The lowest BCUT2D eigenvalue weighted by Crippen LogP contribution is -2.25. The molecular weight excluding hydrogens is 398 g/mol. The third-order valence-corrected chi connectivity index (χ3v) is 4.78. The monoisotopic (exact) mass is 418 g/mol. The SMILES string of the molecule is O=C(CNc1ccc(F)cc1)N/N=C\c1cn(Cc2ccc(F)cc2)c2ccccc12. The van der Waals surface area contributed by atoms with E-state index in [0.717, 1.165) is 22.0 Å². The normalized spacial score (nSPS) is 11.2. The minimum absolute atomic E-state index is 0.00922. The maximum absolute atomic E-state index is 13.2. The van der Waals surface area contributed by atoms with Gasteiger partial charge in [-0.05, 0) is 48.0 Å². The van der Waals surface area contributed by atoms with Crippen molar-refractivity contribution >= 4 is 28.7 Å². The standard InChI is InChI=1S/C24H20F2N4O/c25-19-7-5-17(6-8-19)15-30-16-18(22-3-1-2-4-23(22)30)13-28-29-24(31)14-27-21-11-9-20(26)10-12-21/h1-13,16,27H,14-15H2,(H,29,31)/b28-13-. The first kappa shape index (κ1) is 20.3. The van der Waals surface area contributed by atoms with Crippen molar-refractivity contribution in [2.45, 2.75) is 6.54 Å². The van der Waals surface area contributed by atoms with Gasteiger partial charge in [0.05, 0.1) is 12.8 Å². The van der Waals surface area contributed by atoms with E-state index < -0.39 is 0 Å². The Labute approximate surface area is 178 Å². The average molecular weight is 418 g/mol. The number of anilines is 1. The molecule has 0 spiro atoms. The second kappa shape index (κ2) is 9.21. The van der Waals surface area contributed by atoms with Crippen molar-refractivity contribution in [1.29, 1.82) is 0 Å². The molecule has 0 radical (unpaired) electrons. The smallest absolute Gasteiger partial charge is 0.259 e. The molecule has 1 heterocycles. The molecule has 4 aromatic rings. The Balaban J connectivity index is 1.42. The first-order valence-electron chi connectivity index (χ1n) is 9.72. The number of hydrogen-bond acceptors (Lipinski definition) is 3. The van der Waals surface area contributed by atoms with Gasteiger partial charge in [-0.15, -0.1) is 0 Å². The van der Waals surface area contributed by atoms with Crippen LogP contribution in [0.25, 0.3) is 10.9 Å². The summed E-state index contributed by atoms with van der Waals surface area (Å²) < 4.78 is 28.2. The van der Waals surface area contributed by atoms with Gasteiger partial charge in [0.1, 0.15) is 11.6 Å². The Hall–Kier alpha value is -4.00. The van der Waals surface area contributed by atoms with Crippen molar-refractivity contribution in [3.05, 3.63) is 102 Å². The van der Waals surface area contributed by atoms with E-state index in [0.29, 0.717) is 12.2 Å². The summed E-state index contributed by atoms with van der Waals surface area (Å²) in [5, 5.41) is 7.96. The lowest BCUT2D eigenvalue weighted by Gasteiger charge is -2.05. The highest BCUT2D eigenvalue weighted by Gasteiger charge is 2.08. The van der Waals surface area contributed by atoms with E-state index in [1.54, 1.807) is 30.5 Å². The van der Waals surface area contributed by atoms with Gasteiger partial charge in [-0.25, -0.2) is 14.2 Å². The van der Waals surface area contributed by atoms with Gasteiger partial charge in [-0.1, -0.05) is 30.3 Å². The van der Waals surface area contributed by atoms with Crippen molar-refractivity contribution in [1.82, 2.24) is 9.99 Å². The molecule has 0 bridgehead atoms. The van der Waals surface area contributed by atoms with Gasteiger partial charge in [-0.2, -0.15) is 5.10 Å². The number of aromatic nitrogens is 1. The zero-order valence-corrected chi connectivity index (χ0v) is 16.6. The van der Waals surface area contributed by atoms with Gasteiger partial charge in [-0.3, -0.25) is 4.79 Å². The molecular formula is C24H20F2N4O.